The van der Waals surface area contributed by atoms with Crippen molar-refractivity contribution in [3.05, 3.63) is 70.7 Å². The molecule has 5 aromatic rings. The first-order valence-electron chi connectivity index (χ1n) is 14.0. The van der Waals surface area contributed by atoms with Gasteiger partial charge in [0.25, 0.3) is 0 Å². The fraction of sp³-hybridized carbons (Fsp3) is 0.265. The molecule has 0 fully saturated rings. The maximum atomic E-state index is 12.9. The van der Waals surface area contributed by atoms with Gasteiger partial charge in [-0.05, 0) is 37.6 Å². The van der Waals surface area contributed by atoms with E-state index < -0.39 is 5.97 Å². The van der Waals surface area contributed by atoms with Gasteiger partial charge in [0.2, 0.25) is 11.5 Å². The summed E-state index contributed by atoms with van der Waals surface area (Å²) in [5.74, 6) is -0.0235. The van der Waals surface area contributed by atoms with Crippen LogP contribution in [-0.2, 0) is 18.0 Å². The van der Waals surface area contributed by atoms with E-state index in [-0.39, 0.29) is 70.2 Å². The van der Waals surface area contributed by atoms with Crippen LogP contribution in [-0.4, -0.2) is 53.1 Å². The minimum Gasteiger partial charge on any atom is -0.495 e. The van der Waals surface area contributed by atoms with Crippen molar-refractivity contribution in [1.82, 2.24) is 0 Å². The van der Waals surface area contributed by atoms with E-state index in [1.807, 2.05) is 0 Å². The third kappa shape index (κ3) is 5.42. The molecule has 0 unspecified atom stereocenters. The Hall–Kier alpha value is -5.65. The van der Waals surface area contributed by atoms with Gasteiger partial charge in [-0.3, -0.25) is 9.59 Å². The van der Waals surface area contributed by atoms with Crippen LogP contribution in [0.1, 0.15) is 56.0 Å². The van der Waals surface area contributed by atoms with Gasteiger partial charge < -0.3 is 42.0 Å². The number of Topliss-reactive ketones (excluding diaryl/α,β-unsaturated/α-hetero) is 2. The van der Waals surface area contributed by atoms with Crippen LogP contribution in [0, 0.1) is 0 Å². The molecule has 5 rings (SSSR count). The molecule has 12 nitrogen and oxygen atoms in total. The Balaban J connectivity index is 1.51. The van der Waals surface area contributed by atoms with Crippen LogP contribution in [0.2, 0.25) is 0 Å². The summed E-state index contributed by atoms with van der Waals surface area (Å²) in [6, 6.07) is 8.33. The lowest BCUT2D eigenvalue weighted by molar-refractivity contribution is 0.0597. The van der Waals surface area contributed by atoms with Gasteiger partial charge in [0.1, 0.15) is 35.8 Å². The number of carbonyl (C=O) groups excluding carboxylic acids is 3. The maximum Gasteiger partial charge on any atom is 0.338 e. The molecule has 12 heteroatoms. The van der Waals surface area contributed by atoms with Crippen molar-refractivity contribution in [2.24, 2.45) is 0 Å². The molecule has 3 aromatic carbocycles. The lowest BCUT2D eigenvalue weighted by Gasteiger charge is -2.19. The van der Waals surface area contributed by atoms with E-state index >= 15 is 0 Å². The second-order valence-corrected chi connectivity index (χ2v) is 10.0. The van der Waals surface area contributed by atoms with E-state index in [1.165, 1.54) is 61.9 Å². The number of hydrogen-bond donors (Lipinski definition) is 0. The molecule has 2 heterocycles. The third-order valence-corrected chi connectivity index (χ3v) is 7.41. The first-order valence-corrected chi connectivity index (χ1v) is 14.0. The molecule has 46 heavy (non-hydrogen) atoms. The van der Waals surface area contributed by atoms with Crippen LogP contribution in [0.5, 0.6) is 34.5 Å². The molecule has 0 radical (unpaired) electrons. The Morgan fingerprint density at radius 2 is 1.09 bits per heavy atom. The summed E-state index contributed by atoms with van der Waals surface area (Å²) in [4.78, 5) is 38.5. The van der Waals surface area contributed by atoms with Crippen LogP contribution in [0.3, 0.4) is 0 Å². The number of esters is 1. The van der Waals surface area contributed by atoms with Crippen LogP contribution >= 0.6 is 0 Å². The number of fused-ring (bicyclic) bond motifs is 2. The Morgan fingerprint density at radius 1 is 0.609 bits per heavy atom. The molecular formula is C34H32O12. The van der Waals surface area contributed by atoms with Crippen LogP contribution < -0.4 is 28.4 Å². The average molecular weight is 633 g/mol. The largest absolute Gasteiger partial charge is 0.495 e. The lowest BCUT2D eigenvalue weighted by Crippen LogP contribution is -2.12. The highest BCUT2D eigenvalue weighted by atomic mass is 16.5. The number of ketones is 2. The summed E-state index contributed by atoms with van der Waals surface area (Å²) in [5.41, 5.74) is 2.25. The molecule has 0 aliphatic heterocycles. The Bertz CT molecular complexity index is 1960. The van der Waals surface area contributed by atoms with Gasteiger partial charge in [0, 0.05) is 5.56 Å². The van der Waals surface area contributed by atoms with E-state index in [1.54, 1.807) is 30.3 Å². The Kier molecular flexibility index (Phi) is 9.08. The topological polar surface area (TPSA) is 142 Å². The smallest absolute Gasteiger partial charge is 0.338 e. The molecule has 0 saturated heterocycles. The van der Waals surface area contributed by atoms with Gasteiger partial charge in [-0.1, -0.05) is 12.1 Å². The van der Waals surface area contributed by atoms with E-state index in [2.05, 4.69) is 0 Å². The van der Waals surface area contributed by atoms with E-state index in [4.69, 9.17) is 42.0 Å². The SMILES string of the molecule is COC(=O)c1cc(COc2c(C(C)=O)c(OC)c3ccoc3c2OC)ccc1COc1c(C(C)=O)c(OC)c2ccoc2c1OC. The van der Waals surface area contributed by atoms with Gasteiger partial charge >= 0.3 is 5.97 Å². The van der Waals surface area contributed by atoms with Crippen molar-refractivity contribution in [3.63, 3.8) is 0 Å². The summed E-state index contributed by atoms with van der Waals surface area (Å²) in [7, 11) is 7.03. The van der Waals surface area contributed by atoms with Gasteiger partial charge in [0.05, 0.1) is 64.4 Å². The van der Waals surface area contributed by atoms with Crippen molar-refractivity contribution < 1.29 is 56.4 Å². The van der Waals surface area contributed by atoms with Crippen molar-refractivity contribution in [1.29, 1.82) is 0 Å². The summed E-state index contributed by atoms with van der Waals surface area (Å²) < 4.78 is 50.9. The summed E-state index contributed by atoms with van der Waals surface area (Å²) in [5, 5.41) is 1.10. The van der Waals surface area contributed by atoms with E-state index in [9.17, 15) is 14.4 Å². The van der Waals surface area contributed by atoms with Crippen LogP contribution in [0.4, 0.5) is 0 Å². The zero-order chi connectivity index (χ0) is 33.1. The minimum absolute atomic E-state index is 0.0637. The second kappa shape index (κ2) is 13.1. The lowest BCUT2D eigenvalue weighted by atomic mass is 10.0. The molecule has 0 aliphatic carbocycles. The predicted molar refractivity (Wildman–Crippen MR) is 165 cm³/mol. The van der Waals surface area contributed by atoms with Crippen molar-refractivity contribution >= 4 is 39.5 Å². The molecule has 0 amide bonds. The van der Waals surface area contributed by atoms with Crippen LogP contribution in [0.15, 0.2) is 51.7 Å². The quantitative estimate of drug-likeness (QED) is 0.102. The zero-order valence-corrected chi connectivity index (χ0v) is 26.4. The van der Waals surface area contributed by atoms with Gasteiger partial charge in [-0.25, -0.2) is 4.79 Å². The molecule has 2 aromatic heterocycles. The van der Waals surface area contributed by atoms with Crippen LogP contribution in [0.25, 0.3) is 21.9 Å². The molecule has 0 aliphatic rings. The normalized spacial score (nSPS) is 10.9. The average Bonchev–Trinajstić information content (AvgIpc) is 3.74. The standard InChI is InChI=1S/C34H32O12/c1-17(35)24-26(38-3)21-10-12-43-28(21)32(40-5)30(24)45-15-19-8-9-20(23(14-19)34(37)42-7)16-46-31-25(18(2)36)27(39-4)22-11-13-44-29(22)33(31)41-6/h8-14H,15-16H2,1-7H3. The third-order valence-electron chi connectivity index (χ3n) is 7.41. The Morgan fingerprint density at radius 3 is 1.52 bits per heavy atom. The number of furan rings is 2. The number of hydrogen-bond acceptors (Lipinski definition) is 12. The fourth-order valence-corrected chi connectivity index (χ4v) is 5.39. The molecule has 0 N–H and O–H groups in total. The van der Waals surface area contributed by atoms with Gasteiger partial charge in [0.15, 0.2) is 34.2 Å². The fourth-order valence-electron chi connectivity index (χ4n) is 5.39. The van der Waals surface area contributed by atoms with E-state index in [0.29, 0.717) is 38.8 Å². The number of methoxy groups -OCH3 is 5. The number of ether oxygens (including phenoxy) is 7. The summed E-state index contributed by atoms with van der Waals surface area (Å²) in [6.07, 6.45) is 2.92. The maximum absolute atomic E-state index is 12.9. The number of rotatable bonds is 13. The van der Waals surface area contributed by atoms with Gasteiger partial charge in [-0.15, -0.1) is 0 Å². The minimum atomic E-state index is -0.626. The number of carbonyl (C=O) groups is 3. The molecule has 0 bridgehead atoms. The zero-order valence-electron chi connectivity index (χ0n) is 26.4. The Labute approximate surface area is 263 Å². The monoisotopic (exact) mass is 632 g/mol. The molecular weight excluding hydrogens is 600 g/mol. The van der Waals surface area contributed by atoms with E-state index in [0.717, 1.165) is 0 Å². The molecule has 0 spiro atoms. The second-order valence-electron chi connectivity index (χ2n) is 10.0. The van der Waals surface area contributed by atoms with Gasteiger partial charge in [-0.2, -0.15) is 0 Å². The number of benzene rings is 3. The molecule has 0 saturated carbocycles. The highest BCUT2D eigenvalue weighted by molar-refractivity contribution is 6.09. The highest BCUT2D eigenvalue weighted by Crippen LogP contribution is 2.48. The highest BCUT2D eigenvalue weighted by Gasteiger charge is 2.29. The first kappa shape index (κ1) is 31.8. The van der Waals surface area contributed by atoms with Crippen molar-refractivity contribution in [2.75, 3.05) is 35.5 Å². The first-order chi connectivity index (χ1) is 22.2. The molecule has 0 atom stereocenters. The summed E-state index contributed by atoms with van der Waals surface area (Å²) >= 11 is 0. The van der Waals surface area contributed by atoms with Crippen molar-refractivity contribution in [3.8, 4) is 34.5 Å². The van der Waals surface area contributed by atoms with Crippen molar-refractivity contribution in [2.45, 2.75) is 27.1 Å². The predicted octanol–water partition coefficient (Wildman–Crippen LogP) is 6.56. The molecule has 240 valence electrons. The summed E-state index contributed by atoms with van der Waals surface area (Å²) in [6.45, 7) is 2.57.